The van der Waals surface area contributed by atoms with Gasteiger partial charge in [0.05, 0.1) is 7.11 Å². The topological polar surface area (TPSA) is 42.1 Å². The zero-order valence-corrected chi connectivity index (χ0v) is 6.62. The minimum atomic E-state index is -1.03. The second-order valence-electron chi connectivity index (χ2n) is 1.59. The number of methoxy groups -OCH3 is 1. The molecule has 3 nitrogen and oxygen atoms in total. The van der Waals surface area contributed by atoms with Crippen LogP contribution in [0.1, 0.15) is 0 Å². The lowest BCUT2D eigenvalue weighted by Crippen LogP contribution is -2.00. The van der Waals surface area contributed by atoms with Crippen molar-refractivity contribution < 1.29 is 18.6 Å². The van der Waals surface area contributed by atoms with Gasteiger partial charge in [-0.1, -0.05) is 0 Å². The van der Waals surface area contributed by atoms with Crippen molar-refractivity contribution in [1.82, 2.24) is 4.98 Å². The number of carbonyl (C=O) groups excluding carboxylic acids is 1. The summed E-state index contributed by atoms with van der Waals surface area (Å²) < 4.78 is 14.8. The Morgan fingerprint density at radius 3 is 2.08 bits per heavy atom. The Balaban J connectivity index is 0. The van der Waals surface area contributed by atoms with Gasteiger partial charge in [0.15, 0.2) is 6.67 Å². The second kappa shape index (κ2) is 9.61. The molecule has 70 valence electrons. The van der Waals surface area contributed by atoms with Gasteiger partial charge in [-0.2, -0.15) is 0 Å². The van der Waals surface area contributed by atoms with Crippen LogP contribution < -0.4 is 0 Å². The van der Waals surface area contributed by atoms with Gasteiger partial charge < -0.3 is 9.72 Å². The number of ether oxygens (including phenoxy) is 1. The van der Waals surface area contributed by atoms with Gasteiger partial charge in [0.1, 0.15) is 0 Å². The number of H-pyrrole nitrogens is 1. The summed E-state index contributed by atoms with van der Waals surface area (Å²) in [6.07, 6.45) is 3.75. The molecule has 0 aromatic carbocycles. The van der Waals surface area contributed by atoms with Gasteiger partial charge >= 0.3 is 5.97 Å². The molecule has 0 spiro atoms. The van der Waals surface area contributed by atoms with Crippen LogP contribution in [-0.4, -0.2) is 24.7 Å². The SMILES string of the molecule is COC(=O)CF.F.c1cc[nH]c1. The van der Waals surface area contributed by atoms with E-state index in [1.165, 1.54) is 0 Å². The third-order valence-electron chi connectivity index (χ3n) is 0.833. The molecule has 0 aliphatic rings. The molecule has 5 heteroatoms. The molecule has 0 aliphatic heterocycles. The molecule has 0 fully saturated rings. The summed E-state index contributed by atoms with van der Waals surface area (Å²) in [7, 11) is 1.14. The Hall–Kier alpha value is -1.39. The van der Waals surface area contributed by atoms with Crippen LogP contribution >= 0.6 is 0 Å². The smallest absolute Gasteiger partial charge is 0.337 e. The van der Waals surface area contributed by atoms with Crippen LogP contribution in [0.15, 0.2) is 24.5 Å². The standard InChI is InChI=1S/C4H5N.C3H5FO2.FH/c1-2-4-5-3-1;1-6-3(5)2-4;/h1-5H;2H2,1H3;1H. The number of aromatic amines is 1. The monoisotopic (exact) mass is 179 g/mol. The fraction of sp³-hybridized carbons (Fsp3) is 0.286. The van der Waals surface area contributed by atoms with Crippen LogP contribution in [0.2, 0.25) is 0 Å². The lowest BCUT2D eigenvalue weighted by Gasteiger charge is -1.85. The van der Waals surface area contributed by atoms with E-state index in [0.29, 0.717) is 0 Å². The Morgan fingerprint density at radius 1 is 1.50 bits per heavy atom. The van der Waals surface area contributed by atoms with Crippen LogP contribution in [0.3, 0.4) is 0 Å². The van der Waals surface area contributed by atoms with Gasteiger partial charge in [0, 0.05) is 12.4 Å². The van der Waals surface area contributed by atoms with Crippen molar-refractivity contribution in [2.75, 3.05) is 13.8 Å². The number of hydrogen-bond donors (Lipinski definition) is 1. The van der Waals surface area contributed by atoms with Crippen molar-refractivity contribution in [1.29, 1.82) is 0 Å². The average Bonchev–Trinajstić information content (AvgIpc) is 2.60. The van der Waals surface area contributed by atoms with E-state index in [-0.39, 0.29) is 4.70 Å². The maximum absolute atomic E-state index is 10.9. The van der Waals surface area contributed by atoms with E-state index in [2.05, 4.69) is 9.72 Å². The highest BCUT2D eigenvalue weighted by molar-refractivity contribution is 5.70. The molecule has 0 unspecified atom stereocenters. The highest BCUT2D eigenvalue weighted by Crippen LogP contribution is 1.72. The summed E-state index contributed by atoms with van der Waals surface area (Å²) in [5, 5.41) is 0. The number of halogens is 2. The first-order valence-electron chi connectivity index (χ1n) is 3.01. The van der Waals surface area contributed by atoms with Crippen molar-refractivity contribution in [2.45, 2.75) is 0 Å². The highest BCUT2D eigenvalue weighted by atomic mass is 19.1. The normalized spacial score (nSPS) is 7.17. The Morgan fingerprint density at radius 2 is 2.00 bits per heavy atom. The lowest BCUT2D eigenvalue weighted by molar-refractivity contribution is -0.141. The molecule has 1 aromatic rings. The predicted octanol–water partition coefficient (Wildman–Crippen LogP) is 1.30. The number of nitrogens with one attached hydrogen (secondary N) is 1. The third kappa shape index (κ3) is 8.61. The Kier molecular flexibility index (Phi) is 10.6. The number of rotatable bonds is 1. The molecule has 1 rings (SSSR count). The molecular weight excluding hydrogens is 168 g/mol. The van der Waals surface area contributed by atoms with E-state index in [4.69, 9.17) is 0 Å². The zero-order chi connectivity index (χ0) is 8.53. The first kappa shape index (κ1) is 13.2. The second-order valence-corrected chi connectivity index (χ2v) is 1.59. The van der Waals surface area contributed by atoms with Crippen LogP contribution in [0.4, 0.5) is 9.09 Å². The van der Waals surface area contributed by atoms with Gasteiger partial charge in [-0.25, -0.2) is 9.18 Å². The first-order chi connectivity index (χ1) is 5.31. The van der Waals surface area contributed by atoms with E-state index < -0.39 is 12.6 Å². The number of aromatic nitrogens is 1. The largest absolute Gasteiger partial charge is 0.467 e. The van der Waals surface area contributed by atoms with E-state index in [0.717, 1.165) is 7.11 Å². The van der Waals surface area contributed by atoms with Gasteiger partial charge in [-0.05, 0) is 12.1 Å². The van der Waals surface area contributed by atoms with Crippen molar-refractivity contribution in [3.8, 4) is 0 Å². The molecule has 0 bridgehead atoms. The summed E-state index contributed by atoms with van der Waals surface area (Å²) in [5.41, 5.74) is 0. The van der Waals surface area contributed by atoms with E-state index in [9.17, 15) is 9.18 Å². The third-order valence-corrected chi connectivity index (χ3v) is 0.833. The molecule has 0 amide bonds. The summed E-state index contributed by atoms with van der Waals surface area (Å²) in [6, 6.07) is 3.89. The Bertz CT molecular complexity index is 154. The van der Waals surface area contributed by atoms with Crippen molar-refractivity contribution >= 4 is 5.97 Å². The van der Waals surface area contributed by atoms with Crippen LogP contribution in [-0.2, 0) is 9.53 Å². The molecule has 0 saturated carbocycles. The summed E-state index contributed by atoms with van der Waals surface area (Å²) in [4.78, 5) is 12.4. The summed E-state index contributed by atoms with van der Waals surface area (Å²) in [6.45, 7) is -1.03. The van der Waals surface area contributed by atoms with E-state index in [1.54, 1.807) is 0 Å². The number of esters is 1. The molecule has 0 saturated heterocycles. The van der Waals surface area contributed by atoms with Gasteiger partial charge in [-0.15, -0.1) is 0 Å². The maximum Gasteiger partial charge on any atom is 0.337 e. The fourth-order valence-electron chi connectivity index (χ4n) is 0.332. The van der Waals surface area contributed by atoms with Crippen molar-refractivity contribution in [2.24, 2.45) is 0 Å². The zero-order valence-electron chi connectivity index (χ0n) is 6.62. The molecule has 1 N–H and O–H groups in total. The number of carbonyl (C=O) groups is 1. The molecule has 12 heavy (non-hydrogen) atoms. The number of hydrogen-bond acceptors (Lipinski definition) is 2. The molecule has 0 radical (unpaired) electrons. The predicted molar refractivity (Wildman–Crippen MR) is 41.3 cm³/mol. The van der Waals surface area contributed by atoms with Crippen LogP contribution in [0, 0.1) is 0 Å². The highest BCUT2D eigenvalue weighted by Gasteiger charge is 1.91. The fourth-order valence-corrected chi connectivity index (χ4v) is 0.332. The van der Waals surface area contributed by atoms with Crippen molar-refractivity contribution in [3.63, 3.8) is 0 Å². The van der Waals surface area contributed by atoms with Crippen LogP contribution in [0.5, 0.6) is 0 Å². The molecule has 1 aromatic heterocycles. The van der Waals surface area contributed by atoms with E-state index >= 15 is 0 Å². The van der Waals surface area contributed by atoms with Gasteiger partial charge in [0.2, 0.25) is 0 Å². The van der Waals surface area contributed by atoms with Gasteiger partial charge in [0.25, 0.3) is 0 Å². The average molecular weight is 179 g/mol. The minimum Gasteiger partial charge on any atom is -0.467 e. The summed E-state index contributed by atoms with van der Waals surface area (Å²) in [5.74, 6) is -0.824. The summed E-state index contributed by atoms with van der Waals surface area (Å²) >= 11 is 0. The van der Waals surface area contributed by atoms with E-state index in [1.807, 2.05) is 24.5 Å². The quantitative estimate of drug-likeness (QED) is 0.660. The van der Waals surface area contributed by atoms with Crippen LogP contribution in [0.25, 0.3) is 0 Å². The lowest BCUT2D eigenvalue weighted by atomic mass is 10.7. The minimum absolute atomic E-state index is 0. The molecule has 0 atom stereocenters. The first-order valence-corrected chi connectivity index (χ1v) is 3.01. The number of alkyl halides is 1. The molecule has 0 aliphatic carbocycles. The molecule has 1 heterocycles. The molecular formula is C7H11F2NO2. The van der Waals surface area contributed by atoms with Gasteiger partial charge in [-0.3, -0.25) is 4.70 Å². The van der Waals surface area contributed by atoms with Crippen molar-refractivity contribution in [3.05, 3.63) is 24.5 Å². The maximum atomic E-state index is 10.9. The Labute approximate surface area is 68.9 Å².